The van der Waals surface area contributed by atoms with Crippen molar-refractivity contribution in [1.29, 1.82) is 0 Å². The average molecular weight is 286 g/mol. The topological polar surface area (TPSA) is 55.4 Å². The molecular weight excluding hydrogens is 274 g/mol. The predicted octanol–water partition coefficient (Wildman–Crippen LogP) is 2.34. The average Bonchev–Trinajstić information content (AvgIpc) is 2.21. The van der Waals surface area contributed by atoms with Gasteiger partial charge < -0.3 is 10.1 Å². The maximum absolute atomic E-state index is 11.4. The summed E-state index contributed by atoms with van der Waals surface area (Å²) in [5.41, 5.74) is 0.636. The van der Waals surface area contributed by atoms with Crippen molar-refractivity contribution in [2.75, 3.05) is 11.9 Å². The van der Waals surface area contributed by atoms with E-state index in [9.17, 15) is 9.59 Å². The summed E-state index contributed by atoms with van der Waals surface area (Å²) in [5.74, 6) is -0.905. The second-order valence-electron chi connectivity index (χ2n) is 3.01. The molecule has 0 radical (unpaired) electrons. The Morgan fingerprint density at radius 1 is 1.38 bits per heavy atom. The third-order valence-electron chi connectivity index (χ3n) is 1.76. The van der Waals surface area contributed by atoms with Gasteiger partial charge in [0.05, 0.1) is 12.3 Å². The first-order chi connectivity index (χ1) is 7.63. The molecule has 0 bridgehead atoms. The molecule has 0 aromatic heterocycles. The lowest BCUT2D eigenvalue weighted by Crippen LogP contribution is -2.18. The fourth-order valence-corrected chi connectivity index (χ4v) is 1.48. The highest BCUT2D eigenvalue weighted by molar-refractivity contribution is 9.10. The SMILES string of the molecule is CCOC(=O)CC(=O)Nc1ccccc1Br. The van der Waals surface area contributed by atoms with Gasteiger partial charge in [-0.15, -0.1) is 0 Å². The quantitative estimate of drug-likeness (QED) is 0.682. The summed E-state index contributed by atoms with van der Waals surface area (Å²) in [6.45, 7) is 1.98. The van der Waals surface area contributed by atoms with Crippen LogP contribution in [-0.4, -0.2) is 18.5 Å². The minimum Gasteiger partial charge on any atom is -0.466 e. The zero-order valence-electron chi connectivity index (χ0n) is 8.83. The smallest absolute Gasteiger partial charge is 0.315 e. The number of carbonyl (C=O) groups excluding carboxylic acids is 2. The van der Waals surface area contributed by atoms with Gasteiger partial charge in [0, 0.05) is 4.47 Å². The number of amides is 1. The van der Waals surface area contributed by atoms with Gasteiger partial charge in [-0.25, -0.2) is 0 Å². The van der Waals surface area contributed by atoms with Crippen molar-refractivity contribution in [2.45, 2.75) is 13.3 Å². The van der Waals surface area contributed by atoms with Gasteiger partial charge in [0.1, 0.15) is 6.42 Å². The van der Waals surface area contributed by atoms with Gasteiger partial charge in [0.25, 0.3) is 0 Å². The molecule has 5 heteroatoms. The van der Waals surface area contributed by atoms with Crippen LogP contribution < -0.4 is 5.32 Å². The van der Waals surface area contributed by atoms with E-state index in [2.05, 4.69) is 26.0 Å². The number of para-hydroxylation sites is 1. The van der Waals surface area contributed by atoms with Crippen molar-refractivity contribution in [3.63, 3.8) is 0 Å². The Morgan fingerprint density at radius 3 is 2.69 bits per heavy atom. The summed E-state index contributed by atoms with van der Waals surface area (Å²) >= 11 is 3.29. The number of rotatable bonds is 4. The van der Waals surface area contributed by atoms with Crippen LogP contribution in [0.3, 0.4) is 0 Å². The van der Waals surface area contributed by atoms with Crippen molar-refractivity contribution < 1.29 is 14.3 Å². The summed E-state index contributed by atoms with van der Waals surface area (Å²) in [5, 5.41) is 2.61. The van der Waals surface area contributed by atoms with Gasteiger partial charge in [-0.3, -0.25) is 9.59 Å². The zero-order chi connectivity index (χ0) is 12.0. The molecule has 1 aromatic carbocycles. The molecule has 1 rings (SSSR count). The van der Waals surface area contributed by atoms with Gasteiger partial charge in [-0.05, 0) is 35.0 Å². The van der Waals surface area contributed by atoms with Gasteiger partial charge in [0.15, 0.2) is 0 Å². The molecule has 0 aliphatic heterocycles. The van der Waals surface area contributed by atoms with Crippen LogP contribution in [0.25, 0.3) is 0 Å². The molecule has 1 amide bonds. The van der Waals surface area contributed by atoms with Crippen LogP contribution in [0.2, 0.25) is 0 Å². The third-order valence-corrected chi connectivity index (χ3v) is 2.45. The molecule has 0 spiro atoms. The Labute approximate surface area is 102 Å². The molecular formula is C11H12BrNO3. The highest BCUT2D eigenvalue weighted by Crippen LogP contribution is 2.21. The molecule has 0 heterocycles. The first-order valence-electron chi connectivity index (χ1n) is 4.83. The number of nitrogens with one attached hydrogen (secondary N) is 1. The number of benzene rings is 1. The Morgan fingerprint density at radius 2 is 2.06 bits per heavy atom. The molecule has 0 atom stereocenters. The summed E-state index contributed by atoms with van der Waals surface area (Å²) < 4.78 is 5.44. The maximum atomic E-state index is 11.4. The van der Waals surface area contributed by atoms with Gasteiger partial charge >= 0.3 is 5.97 Å². The van der Waals surface area contributed by atoms with Crippen LogP contribution >= 0.6 is 15.9 Å². The molecule has 0 saturated carbocycles. The van der Waals surface area contributed by atoms with E-state index in [0.29, 0.717) is 5.69 Å². The monoisotopic (exact) mass is 285 g/mol. The Kier molecular flexibility index (Phi) is 4.98. The van der Waals surface area contributed by atoms with Crippen molar-refractivity contribution in [3.8, 4) is 0 Å². The molecule has 4 nitrogen and oxygen atoms in total. The van der Waals surface area contributed by atoms with E-state index in [-0.39, 0.29) is 18.9 Å². The fraction of sp³-hybridized carbons (Fsp3) is 0.273. The van der Waals surface area contributed by atoms with Crippen LogP contribution in [0.15, 0.2) is 28.7 Å². The Balaban J connectivity index is 2.52. The molecule has 1 N–H and O–H groups in total. The number of anilines is 1. The van der Waals surface area contributed by atoms with Crippen LogP contribution in [-0.2, 0) is 14.3 Å². The van der Waals surface area contributed by atoms with Crippen LogP contribution in [0.1, 0.15) is 13.3 Å². The van der Waals surface area contributed by atoms with E-state index >= 15 is 0 Å². The number of esters is 1. The Hall–Kier alpha value is -1.36. The van der Waals surface area contributed by atoms with Gasteiger partial charge in [-0.1, -0.05) is 12.1 Å². The minimum atomic E-state index is -0.521. The molecule has 86 valence electrons. The normalized spacial score (nSPS) is 9.62. The van der Waals surface area contributed by atoms with Crippen molar-refractivity contribution in [2.24, 2.45) is 0 Å². The van der Waals surface area contributed by atoms with Crippen LogP contribution in [0.5, 0.6) is 0 Å². The standard InChI is InChI=1S/C11H12BrNO3/c1-2-16-11(15)7-10(14)13-9-6-4-3-5-8(9)12/h3-6H,2,7H2,1H3,(H,13,14). The largest absolute Gasteiger partial charge is 0.466 e. The number of ether oxygens (including phenoxy) is 1. The van der Waals surface area contributed by atoms with E-state index in [1.54, 1.807) is 25.1 Å². The lowest BCUT2D eigenvalue weighted by molar-refractivity contribution is -0.145. The first-order valence-corrected chi connectivity index (χ1v) is 5.62. The fourth-order valence-electron chi connectivity index (χ4n) is 1.10. The molecule has 0 fully saturated rings. The highest BCUT2D eigenvalue weighted by Gasteiger charge is 2.11. The van der Waals surface area contributed by atoms with E-state index < -0.39 is 5.97 Å². The van der Waals surface area contributed by atoms with E-state index in [4.69, 9.17) is 0 Å². The number of carbonyl (C=O) groups is 2. The molecule has 0 saturated heterocycles. The number of halogens is 1. The first kappa shape index (κ1) is 12.7. The highest BCUT2D eigenvalue weighted by atomic mass is 79.9. The molecule has 16 heavy (non-hydrogen) atoms. The van der Waals surface area contributed by atoms with E-state index in [0.717, 1.165) is 4.47 Å². The third kappa shape index (κ3) is 4.02. The predicted molar refractivity (Wildman–Crippen MR) is 64.0 cm³/mol. The molecule has 0 aliphatic rings. The van der Waals surface area contributed by atoms with Crippen LogP contribution in [0.4, 0.5) is 5.69 Å². The molecule has 0 aliphatic carbocycles. The lowest BCUT2D eigenvalue weighted by Gasteiger charge is -2.06. The summed E-state index contributed by atoms with van der Waals surface area (Å²) in [7, 11) is 0. The number of hydrogen-bond acceptors (Lipinski definition) is 3. The van der Waals surface area contributed by atoms with Gasteiger partial charge in [0.2, 0.25) is 5.91 Å². The summed E-state index contributed by atoms with van der Waals surface area (Å²) in [6.07, 6.45) is -0.269. The van der Waals surface area contributed by atoms with Gasteiger partial charge in [-0.2, -0.15) is 0 Å². The maximum Gasteiger partial charge on any atom is 0.315 e. The Bertz CT molecular complexity index is 393. The molecule has 0 unspecified atom stereocenters. The lowest BCUT2D eigenvalue weighted by atomic mass is 10.3. The van der Waals surface area contributed by atoms with E-state index in [1.807, 2.05) is 6.07 Å². The minimum absolute atomic E-state index is 0.269. The number of hydrogen-bond donors (Lipinski definition) is 1. The van der Waals surface area contributed by atoms with E-state index in [1.165, 1.54) is 0 Å². The van der Waals surface area contributed by atoms with Crippen LogP contribution in [0, 0.1) is 0 Å². The van der Waals surface area contributed by atoms with Crippen molar-refractivity contribution in [3.05, 3.63) is 28.7 Å². The van der Waals surface area contributed by atoms with Crippen molar-refractivity contribution >= 4 is 33.5 Å². The zero-order valence-corrected chi connectivity index (χ0v) is 10.4. The second-order valence-corrected chi connectivity index (χ2v) is 3.86. The summed E-state index contributed by atoms with van der Waals surface area (Å²) in [6, 6.07) is 7.18. The van der Waals surface area contributed by atoms with Crippen molar-refractivity contribution in [1.82, 2.24) is 0 Å². The second kappa shape index (κ2) is 6.27. The summed E-state index contributed by atoms with van der Waals surface area (Å²) in [4.78, 5) is 22.5. The molecule has 1 aromatic rings.